The predicted octanol–water partition coefficient (Wildman–Crippen LogP) is 6.08. The van der Waals surface area contributed by atoms with Crippen molar-refractivity contribution in [3.05, 3.63) is 70.0 Å². The van der Waals surface area contributed by atoms with E-state index in [0.29, 0.717) is 22.7 Å². The summed E-state index contributed by atoms with van der Waals surface area (Å²) in [7, 11) is 1.35. The smallest absolute Gasteiger partial charge is 0.489 e. The van der Waals surface area contributed by atoms with Crippen LogP contribution in [0, 0.1) is 6.92 Å². The Bertz CT molecular complexity index is 1210. The zero-order valence-electron chi connectivity index (χ0n) is 20.1. The molecule has 0 aliphatic carbocycles. The van der Waals surface area contributed by atoms with Crippen LogP contribution in [-0.4, -0.2) is 40.4 Å². The molecule has 0 unspecified atom stereocenters. The number of aryl methyl sites for hydroxylation is 1. The Morgan fingerprint density at radius 1 is 1.14 bits per heavy atom. The van der Waals surface area contributed by atoms with Gasteiger partial charge in [-0.1, -0.05) is 31.5 Å². The van der Waals surface area contributed by atoms with E-state index in [1.54, 1.807) is 18.2 Å². The van der Waals surface area contributed by atoms with Crippen molar-refractivity contribution in [3.8, 4) is 17.2 Å². The summed E-state index contributed by atoms with van der Waals surface area (Å²) in [5.41, 5.74) is 3.47. The lowest BCUT2D eigenvalue weighted by Crippen LogP contribution is -2.25. The minimum atomic E-state index is -4.78. The maximum Gasteiger partial charge on any atom is 0.573 e. The molecule has 0 aliphatic rings. The van der Waals surface area contributed by atoms with Gasteiger partial charge in [-0.3, -0.25) is 0 Å². The van der Waals surface area contributed by atoms with E-state index in [9.17, 15) is 23.1 Å². The zero-order valence-corrected chi connectivity index (χ0v) is 20.9. The lowest BCUT2D eigenvalue weighted by atomic mass is 10.0. The molecule has 7 nitrogen and oxygen atoms in total. The van der Waals surface area contributed by atoms with E-state index in [-0.39, 0.29) is 29.8 Å². The molecule has 194 valence electrons. The number of aliphatic carboxylic acids is 1. The van der Waals surface area contributed by atoms with Crippen molar-refractivity contribution in [2.45, 2.75) is 52.2 Å². The van der Waals surface area contributed by atoms with Crippen molar-refractivity contribution < 1.29 is 37.3 Å². The van der Waals surface area contributed by atoms with Gasteiger partial charge >= 0.3 is 12.3 Å². The number of methoxy groups -OCH3 is 1. The monoisotopic (exact) mass is 526 g/mol. The molecule has 0 saturated carbocycles. The fourth-order valence-electron chi connectivity index (χ4n) is 3.62. The third-order valence-corrected chi connectivity index (χ3v) is 5.86. The number of ether oxygens (including phenoxy) is 3. The zero-order chi connectivity index (χ0) is 26.6. The van der Waals surface area contributed by atoms with Crippen LogP contribution in [-0.2, 0) is 22.6 Å². The summed E-state index contributed by atoms with van der Waals surface area (Å²) in [5, 5.41) is 14.0. The van der Waals surface area contributed by atoms with E-state index in [2.05, 4.69) is 9.84 Å². The van der Waals surface area contributed by atoms with Crippen molar-refractivity contribution >= 4 is 17.6 Å². The van der Waals surface area contributed by atoms with Crippen molar-refractivity contribution in [3.63, 3.8) is 0 Å². The molecule has 1 atom stereocenters. The topological polar surface area (TPSA) is 82.8 Å². The number of carboxylic acid groups (broad SMARTS) is 1. The molecule has 0 fully saturated rings. The summed E-state index contributed by atoms with van der Waals surface area (Å²) in [4.78, 5) is 11.2. The first-order valence-corrected chi connectivity index (χ1v) is 11.4. The Kier molecular flexibility index (Phi) is 8.52. The van der Waals surface area contributed by atoms with Crippen LogP contribution in [0.5, 0.6) is 11.5 Å². The van der Waals surface area contributed by atoms with Crippen LogP contribution < -0.4 is 9.47 Å². The second-order valence-electron chi connectivity index (χ2n) is 8.41. The highest BCUT2D eigenvalue weighted by atomic mass is 35.5. The van der Waals surface area contributed by atoms with Crippen LogP contribution in [0.4, 0.5) is 13.2 Å². The number of benzene rings is 2. The number of nitrogens with zero attached hydrogens (tertiary/aromatic N) is 2. The standard InChI is InChI=1S/C25H26ClF3N2O5/c1-14(2)22-20(13-35-19-8-5-16(15(3)11-19)12-21(34-4)24(32)33)23(26)31(30-22)17-6-9-18(10-7-17)36-25(27,28)29/h5-11,14,21H,12-13H2,1-4H3,(H,32,33)/t21-/m0/s1. The molecule has 1 aromatic heterocycles. The normalized spacial score (nSPS) is 12.6. The highest BCUT2D eigenvalue weighted by Gasteiger charge is 2.31. The van der Waals surface area contributed by atoms with Gasteiger partial charge in [0.2, 0.25) is 0 Å². The molecule has 0 saturated heterocycles. The molecule has 0 radical (unpaired) electrons. The molecule has 3 aromatic rings. The van der Waals surface area contributed by atoms with E-state index in [1.807, 2.05) is 20.8 Å². The molecule has 0 spiro atoms. The summed E-state index contributed by atoms with van der Waals surface area (Å²) in [6.45, 7) is 5.85. The number of carboxylic acids is 1. The molecule has 3 rings (SSSR count). The molecular formula is C25H26ClF3N2O5. The summed E-state index contributed by atoms with van der Waals surface area (Å²) >= 11 is 6.62. The molecule has 1 heterocycles. The molecule has 0 bridgehead atoms. The average Bonchev–Trinajstić information content (AvgIpc) is 3.12. The van der Waals surface area contributed by atoms with E-state index in [0.717, 1.165) is 11.1 Å². The highest BCUT2D eigenvalue weighted by molar-refractivity contribution is 6.30. The van der Waals surface area contributed by atoms with E-state index in [1.165, 1.54) is 36.1 Å². The van der Waals surface area contributed by atoms with E-state index in [4.69, 9.17) is 21.1 Å². The van der Waals surface area contributed by atoms with Crippen LogP contribution in [0.25, 0.3) is 5.69 Å². The molecule has 2 aromatic carbocycles. The largest absolute Gasteiger partial charge is 0.573 e. The highest BCUT2D eigenvalue weighted by Crippen LogP contribution is 2.31. The average molecular weight is 527 g/mol. The summed E-state index contributed by atoms with van der Waals surface area (Å²) in [6.07, 6.45) is -5.50. The number of hydrogen-bond acceptors (Lipinski definition) is 5. The van der Waals surface area contributed by atoms with Crippen molar-refractivity contribution in [2.75, 3.05) is 7.11 Å². The first kappa shape index (κ1) is 27.3. The lowest BCUT2D eigenvalue weighted by Gasteiger charge is -2.14. The Balaban J connectivity index is 1.80. The number of alkyl halides is 3. The van der Waals surface area contributed by atoms with Gasteiger partial charge < -0.3 is 19.3 Å². The van der Waals surface area contributed by atoms with E-state index < -0.39 is 18.4 Å². The molecule has 0 aliphatic heterocycles. The quantitative estimate of drug-likeness (QED) is 0.345. The van der Waals surface area contributed by atoms with Gasteiger partial charge in [-0.15, -0.1) is 13.2 Å². The van der Waals surface area contributed by atoms with Gasteiger partial charge in [-0.2, -0.15) is 5.10 Å². The third-order valence-electron chi connectivity index (χ3n) is 5.48. The summed E-state index contributed by atoms with van der Waals surface area (Å²) in [5.74, 6) is -0.817. The van der Waals surface area contributed by atoms with Crippen LogP contribution in [0.2, 0.25) is 5.15 Å². The second-order valence-corrected chi connectivity index (χ2v) is 8.76. The Hall–Kier alpha value is -3.24. The second kappa shape index (κ2) is 11.2. The molecule has 1 N–H and O–H groups in total. The third kappa shape index (κ3) is 6.70. The Labute approximate surface area is 211 Å². The van der Waals surface area contributed by atoms with Crippen LogP contribution in [0.1, 0.15) is 42.1 Å². The minimum Gasteiger partial charge on any atom is -0.489 e. The summed E-state index contributed by atoms with van der Waals surface area (Å²) < 4.78 is 53.7. The fourth-order valence-corrected chi connectivity index (χ4v) is 3.90. The predicted molar refractivity (Wildman–Crippen MR) is 127 cm³/mol. The first-order valence-electron chi connectivity index (χ1n) is 11.0. The molecule has 36 heavy (non-hydrogen) atoms. The number of hydrogen-bond donors (Lipinski definition) is 1. The van der Waals surface area contributed by atoms with Gasteiger partial charge in [0.05, 0.1) is 16.9 Å². The van der Waals surface area contributed by atoms with Gasteiger partial charge in [0, 0.05) is 13.5 Å². The summed E-state index contributed by atoms with van der Waals surface area (Å²) in [6, 6.07) is 10.6. The van der Waals surface area contributed by atoms with Crippen molar-refractivity contribution in [1.29, 1.82) is 0 Å². The minimum absolute atomic E-state index is 0.00120. The van der Waals surface area contributed by atoms with Gasteiger partial charge in [-0.25, -0.2) is 9.48 Å². The number of aromatic nitrogens is 2. The number of rotatable bonds is 10. The molecule has 0 amide bonds. The van der Waals surface area contributed by atoms with Crippen molar-refractivity contribution in [1.82, 2.24) is 9.78 Å². The van der Waals surface area contributed by atoms with Crippen molar-refractivity contribution in [2.24, 2.45) is 0 Å². The number of carbonyl (C=O) groups is 1. The van der Waals surface area contributed by atoms with Crippen LogP contribution in [0.15, 0.2) is 42.5 Å². The van der Waals surface area contributed by atoms with Gasteiger partial charge in [0.1, 0.15) is 23.3 Å². The molecular weight excluding hydrogens is 501 g/mol. The van der Waals surface area contributed by atoms with Crippen LogP contribution in [0.3, 0.4) is 0 Å². The first-order chi connectivity index (χ1) is 16.9. The Morgan fingerprint density at radius 2 is 1.78 bits per heavy atom. The maximum atomic E-state index is 12.4. The number of halogens is 4. The lowest BCUT2D eigenvalue weighted by molar-refractivity contribution is -0.274. The van der Waals surface area contributed by atoms with Crippen LogP contribution >= 0.6 is 11.6 Å². The SMILES string of the molecule is CO[C@@H](Cc1ccc(OCc2c(C(C)C)nn(-c3ccc(OC(F)(F)F)cc3)c2Cl)cc1C)C(=O)O. The van der Waals surface area contributed by atoms with Gasteiger partial charge in [0.25, 0.3) is 0 Å². The van der Waals surface area contributed by atoms with Gasteiger partial charge in [0.15, 0.2) is 6.10 Å². The molecule has 11 heteroatoms. The fraction of sp³-hybridized carbons (Fsp3) is 0.360. The van der Waals surface area contributed by atoms with Gasteiger partial charge in [-0.05, 0) is 60.4 Å². The van der Waals surface area contributed by atoms with E-state index >= 15 is 0 Å². The Morgan fingerprint density at radius 3 is 2.31 bits per heavy atom. The maximum absolute atomic E-state index is 12.4.